The summed E-state index contributed by atoms with van der Waals surface area (Å²) in [5.74, 6) is 0.663. The first-order chi connectivity index (χ1) is 27.7. The number of fused-ring (bicyclic) bond motifs is 6. The number of rotatable bonds is 6. The minimum atomic E-state index is 0.663. The highest BCUT2D eigenvalue weighted by Crippen LogP contribution is 2.43. The van der Waals surface area contributed by atoms with Gasteiger partial charge in [-0.3, -0.25) is 4.98 Å². The van der Waals surface area contributed by atoms with E-state index < -0.39 is 0 Å². The fraction of sp³-hybridized carbons (Fsp3) is 0. The molecule has 0 fully saturated rings. The molecule has 262 valence electrons. The van der Waals surface area contributed by atoms with Gasteiger partial charge in [-0.05, 0) is 70.3 Å². The SMILES string of the molecule is c1ccc(-c2cc(-c3ccc(-c4cccnc4)cc3)nc(-c3ccc(-c4ccc(-c5ccc6oc7ccccc7c6c5)c5c4oc4ccccc45)cc3)n2)cc1. The topological polar surface area (TPSA) is 65.0 Å². The minimum absolute atomic E-state index is 0.663. The Balaban J connectivity index is 1.00. The number of benzene rings is 7. The van der Waals surface area contributed by atoms with E-state index in [1.165, 1.54) is 0 Å². The van der Waals surface area contributed by atoms with Crippen LogP contribution >= 0.6 is 0 Å². The van der Waals surface area contributed by atoms with Crippen molar-refractivity contribution in [1.82, 2.24) is 15.0 Å². The van der Waals surface area contributed by atoms with Crippen LogP contribution in [0.15, 0.2) is 197 Å². The summed E-state index contributed by atoms with van der Waals surface area (Å²) in [6, 6.07) is 60.6. The van der Waals surface area contributed by atoms with Crippen molar-refractivity contribution in [2.24, 2.45) is 0 Å². The molecular weight excluding hydrogens is 687 g/mol. The summed E-state index contributed by atoms with van der Waals surface area (Å²) in [4.78, 5) is 14.5. The molecule has 11 aromatic rings. The van der Waals surface area contributed by atoms with E-state index in [0.717, 1.165) is 105 Å². The molecule has 0 unspecified atom stereocenters. The third kappa shape index (κ3) is 5.45. The van der Waals surface area contributed by atoms with Gasteiger partial charge in [-0.15, -0.1) is 0 Å². The number of nitrogens with zero attached hydrogens (tertiary/aromatic N) is 3. The van der Waals surface area contributed by atoms with E-state index >= 15 is 0 Å². The molecule has 56 heavy (non-hydrogen) atoms. The lowest BCUT2D eigenvalue weighted by atomic mass is 9.93. The second kappa shape index (κ2) is 13.0. The van der Waals surface area contributed by atoms with Gasteiger partial charge >= 0.3 is 0 Å². The molecule has 5 heteroatoms. The average Bonchev–Trinajstić information content (AvgIpc) is 3.85. The van der Waals surface area contributed by atoms with Crippen molar-refractivity contribution >= 4 is 43.9 Å². The minimum Gasteiger partial charge on any atom is -0.456 e. The van der Waals surface area contributed by atoms with Crippen molar-refractivity contribution in [3.63, 3.8) is 0 Å². The predicted molar refractivity (Wildman–Crippen MR) is 227 cm³/mol. The van der Waals surface area contributed by atoms with Crippen LogP contribution in [0.2, 0.25) is 0 Å². The van der Waals surface area contributed by atoms with E-state index in [9.17, 15) is 0 Å². The maximum Gasteiger partial charge on any atom is 0.160 e. The lowest BCUT2D eigenvalue weighted by Crippen LogP contribution is -1.96. The molecule has 0 aliphatic carbocycles. The molecule has 0 amide bonds. The summed E-state index contributed by atoms with van der Waals surface area (Å²) in [6.07, 6.45) is 3.67. The van der Waals surface area contributed by atoms with Gasteiger partial charge in [-0.2, -0.15) is 0 Å². The van der Waals surface area contributed by atoms with Gasteiger partial charge in [0.1, 0.15) is 22.3 Å². The van der Waals surface area contributed by atoms with Gasteiger partial charge in [0, 0.05) is 56.2 Å². The van der Waals surface area contributed by atoms with Crippen LogP contribution < -0.4 is 0 Å². The predicted octanol–water partition coefficient (Wildman–Crippen LogP) is 13.7. The van der Waals surface area contributed by atoms with Gasteiger partial charge in [0.15, 0.2) is 5.82 Å². The third-order valence-electron chi connectivity index (χ3n) is 10.6. The van der Waals surface area contributed by atoms with Gasteiger partial charge < -0.3 is 8.83 Å². The van der Waals surface area contributed by atoms with Crippen LogP contribution in [-0.4, -0.2) is 15.0 Å². The average molecular weight is 718 g/mol. The standard InChI is InChI=1S/C51H31N3O2/c1-2-9-34(10-3-1)44-30-45(35-20-16-32(17-21-35)38-11-8-28-52-31-38)54-51(53-44)36-22-18-33(19-23-36)40-26-25-39(49-42-13-5-7-15-47(42)56-50(40)49)37-24-27-48-43(29-37)41-12-4-6-14-46(41)55-48/h1-31H. The second-order valence-corrected chi connectivity index (χ2v) is 14.0. The van der Waals surface area contributed by atoms with Crippen LogP contribution in [0.3, 0.4) is 0 Å². The van der Waals surface area contributed by atoms with E-state index in [-0.39, 0.29) is 0 Å². The maximum atomic E-state index is 6.68. The van der Waals surface area contributed by atoms with Crippen molar-refractivity contribution in [3.05, 3.63) is 188 Å². The van der Waals surface area contributed by atoms with Crippen LogP contribution in [0.25, 0.3) is 111 Å². The molecule has 0 radical (unpaired) electrons. The maximum absolute atomic E-state index is 6.68. The molecule has 5 nitrogen and oxygen atoms in total. The zero-order valence-corrected chi connectivity index (χ0v) is 30.1. The Morgan fingerprint density at radius 3 is 1.71 bits per heavy atom. The molecule has 0 aliphatic heterocycles. The lowest BCUT2D eigenvalue weighted by Gasteiger charge is -2.11. The van der Waals surface area contributed by atoms with Gasteiger partial charge in [-0.25, -0.2) is 9.97 Å². The molecule has 0 bridgehead atoms. The smallest absolute Gasteiger partial charge is 0.160 e. The fourth-order valence-electron chi connectivity index (χ4n) is 7.84. The van der Waals surface area contributed by atoms with Crippen LogP contribution in [0.4, 0.5) is 0 Å². The molecule has 7 aromatic carbocycles. The van der Waals surface area contributed by atoms with Gasteiger partial charge in [0.25, 0.3) is 0 Å². The highest BCUT2D eigenvalue weighted by atomic mass is 16.3. The Morgan fingerprint density at radius 1 is 0.357 bits per heavy atom. The first-order valence-electron chi connectivity index (χ1n) is 18.7. The largest absolute Gasteiger partial charge is 0.456 e. The summed E-state index contributed by atoms with van der Waals surface area (Å²) in [5.41, 5.74) is 14.7. The van der Waals surface area contributed by atoms with Crippen LogP contribution in [0.1, 0.15) is 0 Å². The number of pyridine rings is 1. The Hall–Kier alpha value is -7.63. The van der Waals surface area contributed by atoms with Gasteiger partial charge in [0.05, 0.1) is 11.4 Å². The van der Waals surface area contributed by atoms with Crippen molar-refractivity contribution in [1.29, 1.82) is 0 Å². The summed E-state index contributed by atoms with van der Waals surface area (Å²) in [5, 5.41) is 4.38. The monoisotopic (exact) mass is 717 g/mol. The fourth-order valence-corrected chi connectivity index (χ4v) is 7.84. The van der Waals surface area contributed by atoms with Gasteiger partial charge in [0.2, 0.25) is 0 Å². The Kier molecular flexibility index (Phi) is 7.42. The summed E-state index contributed by atoms with van der Waals surface area (Å²) >= 11 is 0. The molecule has 0 saturated carbocycles. The first-order valence-corrected chi connectivity index (χ1v) is 18.7. The molecular formula is C51H31N3O2. The van der Waals surface area contributed by atoms with Crippen LogP contribution in [0, 0.1) is 0 Å². The number of hydrogen-bond donors (Lipinski definition) is 0. The molecule has 0 saturated heterocycles. The van der Waals surface area contributed by atoms with Crippen molar-refractivity contribution < 1.29 is 8.83 Å². The number of furan rings is 2. The van der Waals surface area contributed by atoms with E-state index in [0.29, 0.717) is 5.82 Å². The van der Waals surface area contributed by atoms with Crippen molar-refractivity contribution in [2.45, 2.75) is 0 Å². The molecule has 11 rings (SSSR count). The Labute approximate surface area is 322 Å². The number of hydrogen-bond acceptors (Lipinski definition) is 5. The molecule has 0 N–H and O–H groups in total. The molecule has 4 heterocycles. The van der Waals surface area contributed by atoms with E-state index in [1.807, 2.05) is 54.7 Å². The van der Waals surface area contributed by atoms with Gasteiger partial charge in [-0.1, -0.05) is 133 Å². The molecule has 0 aliphatic rings. The van der Waals surface area contributed by atoms with Crippen LogP contribution in [-0.2, 0) is 0 Å². The second-order valence-electron chi connectivity index (χ2n) is 14.0. The lowest BCUT2D eigenvalue weighted by molar-refractivity contribution is 0.669. The molecule has 0 atom stereocenters. The van der Waals surface area contributed by atoms with Crippen molar-refractivity contribution in [2.75, 3.05) is 0 Å². The van der Waals surface area contributed by atoms with E-state index in [4.69, 9.17) is 18.8 Å². The number of aromatic nitrogens is 3. The normalized spacial score (nSPS) is 11.6. The van der Waals surface area contributed by atoms with E-state index in [2.05, 4.69) is 132 Å². The van der Waals surface area contributed by atoms with Crippen molar-refractivity contribution in [3.8, 4) is 67.3 Å². The van der Waals surface area contributed by atoms with Crippen LogP contribution in [0.5, 0.6) is 0 Å². The highest BCUT2D eigenvalue weighted by molar-refractivity contribution is 6.17. The zero-order chi connectivity index (χ0) is 37.0. The highest BCUT2D eigenvalue weighted by Gasteiger charge is 2.19. The summed E-state index contributed by atoms with van der Waals surface area (Å²) in [6.45, 7) is 0. The third-order valence-corrected chi connectivity index (χ3v) is 10.6. The number of para-hydroxylation sites is 2. The first kappa shape index (κ1) is 31.9. The quantitative estimate of drug-likeness (QED) is 0.171. The Bertz CT molecular complexity index is 3220. The molecule has 4 aromatic heterocycles. The zero-order valence-electron chi connectivity index (χ0n) is 30.1. The summed E-state index contributed by atoms with van der Waals surface area (Å²) < 4.78 is 12.8. The molecule has 0 spiro atoms. The Morgan fingerprint density at radius 2 is 0.946 bits per heavy atom. The summed E-state index contributed by atoms with van der Waals surface area (Å²) in [7, 11) is 0. The van der Waals surface area contributed by atoms with E-state index in [1.54, 1.807) is 6.20 Å².